The van der Waals surface area contributed by atoms with Crippen molar-refractivity contribution in [2.75, 3.05) is 27.2 Å². The van der Waals surface area contributed by atoms with E-state index >= 15 is 0 Å². The summed E-state index contributed by atoms with van der Waals surface area (Å²) in [6, 6.07) is -0.0549. The highest BCUT2D eigenvalue weighted by Gasteiger charge is 2.29. The van der Waals surface area contributed by atoms with Gasteiger partial charge in [0.2, 0.25) is 5.91 Å². The Labute approximate surface area is 116 Å². The van der Waals surface area contributed by atoms with Crippen molar-refractivity contribution in [2.24, 2.45) is 5.92 Å². The van der Waals surface area contributed by atoms with Crippen LogP contribution in [-0.2, 0) is 11.3 Å². The highest BCUT2D eigenvalue weighted by atomic mass is 16.2. The van der Waals surface area contributed by atoms with E-state index < -0.39 is 0 Å². The summed E-state index contributed by atoms with van der Waals surface area (Å²) in [7, 11) is 3.42. The number of urea groups is 1. The molecule has 0 radical (unpaired) electrons. The first-order valence-electron chi connectivity index (χ1n) is 6.54. The normalized spacial score (nSPS) is 18.7. The third-order valence-electron chi connectivity index (χ3n) is 3.26. The van der Waals surface area contributed by atoms with Crippen LogP contribution in [0.4, 0.5) is 4.79 Å². The van der Waals surface area contributed by atoms with Crippen LogP contribution in [0.25, 0.3) is 0 Å². The molecule has 2 rings (SSSR count). The minimum atomic E-state index is -0.181. The van der Waals surface area contributed by atoms with Gasteiger partial charge < -0.3 is 15.1 Å². The quantitative estimate of drug-likeness (QED) is 0.755. The van der Waals surface area contributed by atoms with E-state index in [1.54, 1.807) is 19.0 Å². The first-order chi connectivity index (χ1) is 9.58. The Hall–Kier alpha value is -2.19. The van der Waals surface area contributed by atoms with E-state index in [0.29, 0.717) is 18.9 Å². The second-order valence-electron chi connectivity index (χ2n) is 5.01. The van der Waals surface area contributed by atoms with Crippen molar-refractivity contribution < 1.29 is 9.59 Å². The number of likely N-dealkylation sites (tertiary alicyclic amines) is 1. The van der Waals surface area contributed by atoms with Crippen LogP contribution in [0.15, 0.2) is 0 Å². The summed E-state index contributed by atoms with van der Waals surface area (Å²) >= 11 is 0. The Morgan fingerprint density at radius 1 is 1.50 bits per heavy atom. The van der Waals surface area contributed by atoms with Crippen molar-refractivity contribution in [3.05, 3.63) is 5.82 Å². The molecule has 2 N–H and O–H groups in total. The van der Waals surface area contributed by atoms with Crippen molar-refractivity contribution in [3.8, 4) is 0 Å². The molecular weight excluding hydrogens is 262 g/mol. The summed E-state index contributed by atoms with van der Waals surface area (Å²) in [6.45, 7) is 1.40. The van der Waals surface area contributed by atoms with E-state index in [-0.39, 0.29) is 24.4 Å². The summed E-state index contributed by atoms with van der Waals surface area (Å²) in [5.41, 5.74) is 0. The maximum Gasteiger partial charge on any atom is 0.319 e. The lowest BCUT2D eigenvalue weighted by atomic mass is 9.97. The van der Waals surface area contributed by atoms with Crippen LogP contribution in [0.3, 0.4) is 0 Å². The number of amides is 3. The van der Waals surface area contributed by atoms with Gasteiger partial charge in [0.1, 0.15) is 0 Å². The first-order valence-corrected chi connectivity index (χ1v) is 6.54. The smallest absolute Gasteiger partial charge is 0.319 e. The number of aromatic amines is 1. The topological polar surface area (TPSA) is 107 Å². The zero-order valence-electron chi connectivity index (χ0n) is 11.7. The summed E-state index contributed by atoms with van der Waals surface area (Å²) in [6.07, 6.45) is 1.62. The molecule has 1 aromatic rings. The number of nitrogens with one attached hydrogen (secondary N) is 2. The molecule has 1 saturated heterocycles. The van der Waals surface area contributed by atoms with E-state index in [1.807, 2.05) is 0 Å². The van der Waals surface area contributed by atoms with Gasteiger partial charge in [-0.05, 0) is 12.8 Å². The van der Waals surface area contributed by atoms with E-state index in [2.05, 4.69) is 25.9 Å². The van der Waals surface area contributed by atoms with Crippen molar-refractivity contribution in [3.63, 3.8) is 0 Å². The Kier molecular flexibility index (Phi) is 4.49. The average molecular weight is 281 g/mol. The van der Waals surface area contributed by atoms with E-state index in [4.69, 9.17) is 0 Å². The number of carbonyl (C=O) groups excluding carboxylic acids is 2. The number of hydrogen-bond acceptors (Lipinski definition) is 5. The summed E-state index contributed by atoms with van der Waals surface area (Å²) in [4.78, 5) is 27.2. The summed E-state index contributed by atoms with van der Waals surface area (Å²) in [5.74, 6) is 0.181. The van der Waals surface area contributed by atoms with Gasteiger partial charge in [-0.25, -0.2) is 4.79 Å². The molecule has 1 aliphatic rings. The third-order valence-corrected chi connectivity index (χ3v) is 3.26. The van der Waals surface area contributed by atoms with Crippen molar-refractivity contribution in [1.82, 2.24) is 35.7 Å². The van der Waals surface area contributed by atoms with Gasteiger partial charge in [0.15, 0.2) is 5.82 Å². The maximum absolute atomic E-state index is 12.1. The molecule has 0 bridgehead atoms. The molecule has 1 unspecified atom stereocenters. The fraction of sp³-hybridized carbons (Fsp3) is 0.727. The average Bonchev–Trinajstić information content (AvgIpc) is 2.97. The Balaban J connectivity index is 1.85. The Morgan fingerprint density at radius 3 is 2.95 bits per heavy atom. The number of tetrazole rings is 1. The molecule has 2 heterocycles. The molecule has 20 heavy (non-hydrogen) atoms. The fourth-order valence-corrected chi connectivity index (χ4v) is 2.22. The molecule has 1 aliphatic heterocycles. The number of piperidine rings is 1. The Bertz CT molecular complexity index is 459. The molecular formula is C11H19N7O2. The van der Waals surface area contributed by atoms with Crippen molar-refractivity contribution in [1.29, 1.82) is 0 Å². The van der Waals surface area contributed by atoms with Crippen molar-refractivity contribution in [2.45, 2.75) is 19.4 Å². The number of aromatic nitrogens is 4. The predicted molar refractivity (Wildman–Crippen MR) is 69.4 cm³/mol. The SMILES string of the molecule is CN(C)C(=O)N1CCCC(C(=O)NCc2nn[nH]n2)C1. The molecule has 3 amide bonds. The van der Waals surface area contributed by atoms with Gasteiger partial charge in [-0.1, -0.05) is 5.21 Å². The zero-order valence-corrected chi connectivity index (χ0v) is 11.7. The first kappa shape index (κ1) is 14.2. The highest BCUT2D eigenvalue weighted by Crippen LogP contribution is 2.17. The van der Waals surface area contributed by atoms with E-state index in [9.17, 15) is 9.59 Å². The standard InChI is InChI=1S/C11H19N7O2/c1-17(2)11(20)18-5-3-4-8(7-18)10(19)12-6-9-13-15-16-14-9/h8H,3-7H2,1-2H3,(H,12,19)(H,13,14,15,16). The van der Waals surface area contributed by atoms with Crippen LogP contribution in [0.2, 0.25) is 0 Å². The molecule has 110 valence electrons. The second-order valence-corrected chi connectivity index (χ2v) is 5.01. The second kappa shape index (κ2) is 6.31. The molecule has 9 heteroatoms. The lowest BCUT2D eigenvalue weighted by Crippen LogP contribution is -2.48. The number of rotatable bonds is 3. The molecule has 1 fully saturated rings. The molecule has 1 atom stereocenters. The van der Waals surface area contributed by atoms with Crippen LogP contribution < -0.4 is 5.32 Å². The third kappa shape index (κ3) is 3.43. The molecule has 9 nitrogen and oxygen atoms in total. The van der Waals surface area contributed by atoms with Crippen LogP contribution in [0.1, 0.15) is 18.7 Å². The van der Waals surface area contributed by atoms with Crippen molar-refractivity contribution >= 4 is 11.9 Å². The lowest BCUT2D eigenvalue weighted by molar-refractivity contribution is -0.126. The van der Waals surface area contributed by atoms with Crippen LogP contribution in [0, 0.1) is 5.92 Å². The van der Waals surface area contributed by atoms with E-state index in [1.165, 1.54) is 4.90 Å². The summed E-state index contributed by atoms with van der Waals surface area (Å²) < 4.78 is 0. The van der Waals surface area contributed by atoms with Crippen LogP contribution in [0.5, 0.6) is 0 Å². The van der Waals surface area contributed by atoms with Gasteiger partial charge in [-0.2, -0.15) is 5.21 Å². The van der Waals surface area contributed by atoms with Gasteiger partial charge in [-0.15, -0.1) is 10.2 Å². The largest absolute Gasteiger partial charge is 0.348 e. The molecule has 0 saturated carbocycles. The number of carbonyl (C=O) groups is 2. The minimum absolute atomic E-state index is 0.0549. The number of H-pyrrole nitrogens is 1. The molecule has 0 spiro atoms. The zero-order chi connectivity index (χ0) is 14.5. The molecule has 0 aromatic carbocycles. The van der Waals surface area contributed by atoms with E-state index in [0.717, 1.165) is 12.8 Å². The van der Waals surface area contributed by atoms with Gasteiger partial charge in [0.05, 0.1) is 12.5 Å². The van der Waals surface area contributed by atoms with Crippen LogP contribution in [-0.4, -0.2) is 69.5 Å². The highest BCUT2D eigenvalue weighted by molar-refractivity contribution is 5.80. The van der Waals surface area contributed by atoms with Gasteiger partial charge in [-0.3, -0.25) is 4.79 Å². The minimum Gasteiger partial charge on any atom is -0.348 e. The van der Waals surface area contributed by atoms with Gasteiger partial charge in [0, 0.05) is 27.2 Å². The summed E-state index contributed by atoms with van der Waals surface area (Å²) in [5, 5.41) is 16.0. The molecule has 0 aliphatic carbocycles. The van der Waals surface area contributed by atoms with Gasteiger partial charge >= 0.3 is 6.03 Å². The maximum atomic E-state index is 12.1. The predicted octanol–water partition coefficient (Wildman–Crippen LogP) is -0.790. The van der Waals surface area contributed by atoms with Crippen LogP contribution >= 0.6 is 0 Å². The lowest BCUT2D eigenvalue weighted by Gasteiger charge is -2.33. The molecule has 1 aromatic heterocycles. The number of nitrogens with zero attached hydrogens (tertiary/aromatic N) is 5. The Morgan fingerprint density at radius 2 is 2.30 bits per heavy atom. The monoisotopic (exact) mass is 281 g/mol. The fourth-order valence-electron chi connectivity index (χ4n) is 2.22. The van der Waals surface area contributed by atoms with Gasteiger partial charge in [0.25, 0.3) is 0 Å². The number of hydrogen-bond donors (Lipinski definition) is 2.